The number of carbonyl (C=O) groups excluding carboxylic acids is 2. The predicted octanol–water partition coefficient (Wildman–Crippen LogP) is 4.89. The van der Waals surface area contributed by atoms with Crippen molar-refractivity contribution in [3.05, 3.63) is 60.2 Å². The van der Waals surface area contributed by atoms with Gasteiger partial charge in [-0.05, 0) is 30.3 Å². The molecule has 2 heterocycles. The third-order valence-corrected chi connectivity index (χ3v) is 5.90. The number of hydrogen-bond donors (Lipinski definition) is 2. The SMILES string of the molecule is COc1cc2c(cc1NC(=O)c1ccc3c(c1)NC(=O)CS3)oc1ccccc12. The number of thioether (sulfide) groups is 1. The second-order valence-electron chi connectivity index (χ2n) is 6.65. The molecule has 0 saturated carbocycles. The van der Waals surface area contributed by atoms with Crippen LogP contribution in [0.1, 0.15) is 10.4 Å². The first-order valence-corrected chi connectivity index (χ1v) is 9.98. The van der Waals surface area contributed by atoms with Crippen LogP contribution < -0.4 is 15.4 Å². The molecule has 1 aliphatic rings. The number of amides is 2. The molecule has 144 valence electrons. The van der Waals surface area contributed by atoms with Gasteiger partial charge in [-0.3, -0.25) is 9.59 Å². The van der Waals surface area contributed by atoms with Crippen molar-refractivity contribution in [1.29, 1.82) is 0 Å². The van der Waals surface area contributed by atoms with Crippen LogP contribution >= 0.6 is 11.8 Å². The van der Waals surface area contributed by atoms with Crippen molar-refractivity contribution in [2.24, 2.45) is 0 Å². The number of ether oxygens (including phenoxy) is 1. The fraction of sp³-hybridized carbons (Fsp3) is 0.0909. The van der Waals surface area contributed by atoms with E-state index in [4.69, 9.17) is 9.15 Å². The van der Waals surface area contributed by atoms with E-state index in [0.29, 0.717) is 34.0 Å². The van der Waals surface area contributed by atoms with Crippen LogP contribution in [0.4, 0.5) is 11.4 Å². The largest absolute Gasteiger partial charge is 0.495 e. The van der Waals surface area contributed by atoms with E-state index in [1.807, 2.05) is 36.4 Å². The van der Waals surface area contributed by atoms with E-state index in [9.17, 15) is 9.59 Å². The number of anilines is 2. The monoisotopic (exact) mass is 404 g/mol. The van der Waals surface area contributed by atoms with E-state index in [0.717, 1.165) is 21.3 Å². The van der Waals surface area contributed by atoms with E-state index < -0.39 is 0 Å². The fourth-order valence-corrected chi connectivity index (χ4v) is 4.23. The summed E-state index contributed by atoms with van der Waals surface area (Å²) in [7, 11) is 1.56. The summed E-state index contributed by atoms with van der Waals surface area (Å²) in [5.41, 5.74) is 3.05. The maximum atomic E-state index is 12.8. The highest BCUT2D eigenvalue weighted by Crippen LogP contribution is 2.37. The second-order valence-corrected chi connectivity index (χ2v) is 7.67. The molecule has 0 spiro atoms. The van der Waals surface area contributed by atoms with Crippen LogP contribution in [0.5, 0.6) is 5.75 Å². The Balaban J connectivity index is 1.51. The number of carbonyl (C=O) groups is 2. The first-order valence-electron chi connectivity index (χ1n) is 9.00. The molecule has 3 aromatic carbocycles. The Morgan fingerprint density at radius 1 is 1.10 bits per heavy atom. The van der Waals surface area contributed by atoms with E-state index in [1.165, 1.54) is 11.8 Å². The maximum Gasteiger partial charge on any atom is 0.255 e. The molecule has 5 rings (SSSR count). The van der Waals surface area contributed by atoms with E-state index in [1.54, 1.807) is 25.3 Å². The number of para-hydroxylation sites is 1. The molecule has 6 nitrogen and oxygen atoms in total. The Labute approximate surface area is 170 Å². The van der Waals surface area contributed by atoms with Gasteiger partial charge in [-0.1, -0.05) is 18.2 Å². The molecule has 0 unspecified atom stereocenters. The molecule has 0 bridgehead atoms. The van der Waals surface area contributed by atoms with Gasteiger partial charge in [-0.2, -0.15) is 0 Å². The standard InChI is InChI=1S/C22H16N2O4S/c1-27-19-9-14-13-4-2-3-5-17(13)28-18(14)10-15(19)24-22(26)12-6-7-20-16(8-12)23-21(25)11-29-20/h2-10H,11H2,1H3,(H,23,25)(H,24,26). The average Bonchev–Trinajstić information content (AvgIpc) is 3.09. The smallest absolute Gasteiger partial charge is 0.255 e. The van der Waals surface area contributed by atoms with Crippen molar-refractivity contribution in [2.45, 2.75) is 4.90 Å². The van der Waals surface area contributed by atoms with Crippen LogP contribution in [0.25, 0.3) is 21.9 Å². The van der Waals surface area contributed by atoms with Crippen molar-refractivity contribution in [3.8, 4) is 5.75 Å². The molecule has 0 aliphatic carbocycles. The molecule has 0 radical (unpaired) electrons. The van der Waals surface area contributed by atoms with E-state index >= 15 is 0 Å². The van der Waals surface area contributed by atoms with Gasteiger partial charge in [0.15, 0.2) is 0 Å². The van der Waals surface area contributed by atoms with Crippen molar-refractivity contribution >= 4 is 56.9 Å². The molecule has 1 aliphatic heterocycles. The van der Waals surface area contributed by atoms with Gasteiger partial charge in [-0.15, -0.1) is 11.8 Å². The number of methoxy groups -OCH3 is 1. The van der Waals surface area contributed by atoms with Crippen molar-refractivity contribution in [1.82, 2.24) is 0 Å². The summed E-state index contributed by atoms with van der Waals surface area (Å²) in [5.74, 6) is 0.551. The minimum absolute atomic E-state index is 0.0722. The Bertz CT molecular complexity index is 1290. The van der Waals surface area contributed by atoms with Crippen molar-refractivity contribution in [3.63, 3.8) is 0 Å². The molecular formula is C22H16N2O4S. The molecule has 0 fully saturated rings. The molecule has 7 heteroatoms. The molecule has 2 N–H and O–H groups in total. The van der Waals surface area contributed by atoms with Gasteiger partial charge in [-0.25, -0.2) is 0 Å². The van der Waals surface area contributed by atoms with Crippen LogP contribution in [0.15, 0.2) is 63.9 Å². The lowest BCUT2D eigenvalue weighted by Crippen LogP contribution is -2.20. The van der Waals surface area contributed by atoms with Crippen LogP contribution in [-0.4, -0.2) is 24.7 Å². The first kappa shape index (κ1) is 17.6. The zero-order valence-corrected chi connectivity index (χ0v) is 16.3. The third kappa shape index (κ3) is 3.09. The van der Waals surface area contributed by atoms with Gasteiger partial charge in [0, 0.05) is 27.3 Å². The van der Waals surface area contributed by atoms with Crippen LogP contribution in [0.3, 0.4) is 0 Å². The highest BCUT2D eigenvalue weighted by Gasteiger charge is 2.19. The summed E-state index contributed by atoms with van der Waals surface area (Å²) in [6.07, 6.45) is 0. The van der Waals surface area contributed by atoms with Crippen molar-refractivity contribution in [2.75, 3.05) is 23.5 Å². The minimum Gasteiger partial charge on any atom is -0.495 e. The number of benzene rings is 3. The second kappa shape index (κ2) is 6.86. The lowest BCUT2D eigenvalue weighted by atomic mass is 10.1. The Hall–Kier alpha value is -3.45. The van der Waals surface area contributed by atoms with E-state index in [2.05, 4.69) is 10.6 Å². The van der Waals surface area contributed by atoms with Gasteiger partial charge in [0.2, 0.25) is 5.91 Å². The molecular weight excluding hydrogens is 388 g/mol. The van der Waals surface area contributed by atoms with Gasteiger partial charge < -0.3 is 19.8 Å². The first-order chi connectivity index (χ1) is 14.1. The van der Waals surface area contributed by atoms with E-state index in [-0.39, 0.29) is 11.8 Å². The minimum atomic E-state index is -0.300. The summed E-state index contributed by atoms with van der Waals surface area (Å²) in [5, 5.41) is 7.60. The molecule has 29 heavy (non-hydrogen) atoms. The topological polar surface area (TPSA) is 80.6 Å². The lowest BCUT2D eigenvalue weighted by molar-refractivity contribution is -0.113. The normalized spacial score (nSPS) is 13.2. The maximum absolute atomic E-state index is 12.8. The number of hydrogen-bond acceptors (Lipinski definition) is 5. The number of rotatable bonds is 3. The van der Waals surface area contributed by atoms with Crippen molar-refractivity contribution < 1.29 is 18.7 Å². The fourth-order valence-electron chi connectivity index (χ4n) is 3.44. The number of furan rings is 1. The van der Waals surface area contributed by atoms with Crippen LogP contribution in [0, 0.1) is 0 Å². The quantitative estimate of drug-likeness (QED) is 0.508. The summed E-state index contributed by atoms with van der Waals surface area (Å²) >= 11 is 1.45. The van der Waals surface area contributed by atoms with Crippen LogP contribution in [0.2, 0.25) is 0 Å². The third-order valence-electron chi connectivity index (χ3n) is 4.82. The number of fused-ring (bicyclic) bond motifs is 4. The highest BCUT2D eigenvalue weighted by molar-refractivity contribution is 8.00. The lowest BCUT2D eigenvalue weighted by Gasteiger charge is -2.17. The number of nitrogens with one attached hydrogen (secondary N) is 2. The zero-order chi connectivity index (χ0) is 20.0. The van der Waals surface area contributed by atoms with Crippen LogP contribution in [-0.2, 0) is 4.79 Å². The molecule has 4 aromatic rings. The van der Waals surface area contributed by atoms with Gasteiger partial charge in [0.05, 0.1) is 24.2 Å². The highest BCUT2D eigenvalue weighted by atomic mass is 32.2. The molecule has 0 saturated heterocycles. The van der Waals surface area contributed by atoms with Gasteiger partial charge >= 0.3 is 0 Å². The average molecular weight is 404 g/mol. The van der Waals surface area contributed by atoms with Gasteiger partial charge in [0.1, 0.15) is 16.9 Å². The summed E-state index contributed by atoms with van der Waals surface area (Å²) in [4.78, 5) is 25.4. The Morgan fingerprint density at radius 2 is 1.97 bits per heavy atom. The molecule has 0 atom stereocenters. The summed E-state index contributed by atoms with van der Waals surface area (Å²) in [6, 6.07) is 16.6. The zero-order valence-electron chi connectivity index (χ0n) is 15.4. The Morgan fingerprint density at radius 3 is 2.83 bits per heavy atom. The molecule has 2 amide bonds. The molecule has 1 aromatic heterocycles. The predicted molar refractivity (Wildman–Crippen MR) is 114 cm³/mol. The summed E-state index contributed by atoms with van der Waals surface area (Å²) in [6.45, 7) is 0. The summed E-state index contributed by atoms with van der Waals surface area (Å²) < 4.78 is 11.4. The Kier molecular flexibility index (Phi) is 4.17. The van der Waals surface area contributed by atoms with Gasteiger partial charge in [0.25, 0.3) is 5.91 Å².